The maximum atomic E-state index is 13.0. The third-order valence-electron chi connectivity index (χ3n) is 6.09. The molecule has 0 spiro atoms. The fourth-order valence-corrected chi connectivity index (χ4v) is 4.15. The van der Waals surface area contributed by atoms with Crippen LogP contribution in [0.15, 0.2) is 36.4 Å². The lowest BCUT2D eigenvalue weighted by Crippen LogP contribution is -2.53. The molecule has 0 bridgehead atoms. The fraction of sp³-hybridized carbons (Fsp3) is 0.520. The van der Waals surface area contributed by atoms with E-state index in [0.717, 1.165) is 23.5 Å². The van der Waals surface area contributed by atoms with Gasteiger partial charge in [0.15, 0.2) is 5.82 Å². The molecule has 1 fully saturated rings. The number of amides is 2. The second kappa shape index (κ2) is 11.5. The number of carbonyl (C=O) groups excluding carboxylic acids is 2. The molecule has 1 aliphatic heterocycles. The van der Waals surface area contributed by atoms with Crippen LogP contribution < -0.4 is 4.90 Å². The first-order valence-electron chi connectivity index (χ1n) is 11.7. The van der Waals surface area contributed by atoms with Crippen molar-refractivity contribution < 1.29 is 9.59 Å². The first-order chi connectivity index (χ1) is 15.8. The fourth-order valence-electron chi connectivity index (χ4n) is 3.91. The van der Waals surface area contributed by atoms with Crippen molar-refractivity contribution in [3.8, 4) is 11.3 Å². The van der Waals surface area contributed by atoms with Crippen molar-refractivity contribution in [2.75, 3.05) is 37.6 Å². The summed E-state index contributed by atoms with van der Waals surface area (Å²) in [5.41, 5.74) is 1.58. The third-order valence-corrected chi connectivity index (χ3v) is 6.42. The van der Waals surface area contributed by atoms with E-state index < -0.39 is 0 Å². The molecular formula is C25H34ClN5O2. The quantitative estimate of drug-likeness (QED) is 0.579. The van der Waals surface area contributed by atoms with Crippen LogP contribution in [-0.2, 0) is 9.59 Å². The van der Waals surface area contributed by atoms with E-state index >= 15 is 0 Å². The van der Waals surface area contributed by atoms with E-state index in [-0.39, 0.29) is 30.3 Å². The molecule has 2 amide bonds. The molecule has 8 heteroatoms. The number of nitrogens with zero attached hydrogens (tertiary/aromatic N) is 5. The minimum absolute atomic E-state index is 0.00667. The van der Waals surface area contributed by atoms with Gasteiger partial charge in [-0.25, -0.2) is 0 Å². The molecule has 1 aliphatic rings. The maximum absolute atomic E-state index is 13.0. The molecule has 178 valence electrons. The van der Waals surface area contributed by atoms with E-state index in [4.69, 9.17) is 11.6 Å². The van der Waals surface area contributed by atoms with Gasteiger partial charge in [-0.3, -0.25) is 9.59 Å². The van der Waals surface area contributed by atoms with Crippen molar-refractivity contribution in [2.24, 2.45) is 5.92 Å². The van der Waals surface area contributed by atoms with Crippen molar-refractivity contribution in [2.45, 2.75) is 46.6 Å². The highest BCUT2D eigenvalue weighted by atomic mass is 35.5. The van der Waals surface area contributed by atoms with Crippen LogP contribution >= 0.6 is 11.6 Å². The molecular weight excluding hydrogens is 438 g/mol. The number of piperazine rings is 1. The Kier molecular flexibility index (Phi) is 8.67. The molecule has 1 atom stereocenters. The monoisotopic (exact) mass is 471 g/mol. The summed E-state index contributed by atoms with van der Waals surface area (Å²) in [4.78, 5) is 31.4. The van der Waals surface area contributed by atoms with Crippen molar-refractivity contribution in [3.63, 3.8) is 0 Å². The highest BCUT2D eigenvalue weighted by Crippen LogP contribution is 2.26. The van der Waals surface area contributed by atoms with E-state index in [1.807, 2.05) is 69.0 Å². The molecule has 3 rings (SSSR count). The smallest absolute Gasteiger partial charge is 0.242 e. The lowest BCUT2D eigenvalue weighted by atomic mass is 10.1. The zero-order chi connectivity index (χ0) is 24.0. The van der Waals surface area contributed by atoms with Crippen LogP contribution in [0.2, 0.25) is 5.02 Å². The van der Waals surface area contributed by atoms with Gasteiger partial charge in [0.25, 0.3) is 0 Å². The van der Waals surface area contributed by atoms with Crippen LogP contribution in [0.5, 0.6) is 0 Å². The van der Waals surface area contributed by atoms with E-state index in [9.17, 15) is 9.59 Å². The molecule has 1 saturated heterocycles. The summed E-state index contributed by atoms with van der Waals surface area (Å²) < 4.78 is 0. The van der Waals surface area contributed by atoms with Crippen molar-refractivity contribution in [1.82, 2.24) is 20.0 Å². The Morgan fingerprint density at radius 1 is 1.03 bits per heavy atom. The number of hydrogen-bond donors (Lipinski definition) is 0. The molecule has 0 aliphatic carbocycles. The Bertz CT molecular complexity index is 942. The van der Waals surface area contributed by atoms with E-state index in [1.165, 1.54) is 0 Å². The first kappa shape index (κ1) is 25.0. The minimum Gasteiger partial charge on any atom is -0.352 e. The molecule has 0 radical (unpaired) electrons. The second-order valence-electron chi connectivity index (χ2n) is 9.00. The van der Waals surface area contributed by atoms with Gasteiger partial charge in [0.2, 0.25) is 11.8 Å². The molecule has 2 heterocycles. The van der Waals surface area contributed by atoms with Crippen molar-refractivity contribution in [3.05, 3.63) is 41.4 Å². The topological polar surface area (TPSA) is 69.6 Å². The Morgan fingerprint density at radius 3 is 2.30 bits per heavy atom. The Hall–Kier alpha value is -2.67. The van der Waals surface area contributed by atoms with Crippen molar-refractivity contribution in [1.29, 1.82) is 0 Å². The zero-order valence-electron chi connectivity index (χ0n) is 20.0. The van der Waals surface area contributed by atoms with Gasteiger partial charge in [0, 0.05) is 44.2 Å². The minimum atomic E-state index is 0.00667. The highest BCUT2D eigenvalue weighted by molar-refractivity contribution is 6.33. The number of anilines is 1. The van der Waals surface area contributed by atoms with Gasteiger partial charge in [-0.05, 0) is 37.5 Å². The Balaban J connectivity index is 1.58. The molecule has 0 unspecified atom stereocenters. The largest absolute Gasteiger partial charge is 0.352 e. The Labute approximate surface area is 201 Å². The maximum Gasteiger partial charge on any atom is 0.242 e. The van der Waals surface area contributed by atoms with Gasteiger partial charge in [-0.2, -0.15) is 0 Å². The summed E-state index contributed by atoms with van der Waals surface area (Å²) in [6.45, 7) is 10.8. The van der Waals surface area contributed by atoms with Gasteiger partial charge in [0.1, 0.15) is 0 Å². The molecule has 7 nitrogen and oxygen atoms in total. The molecule has 2 aromatic rings. The summed E-state index contributed by atoms with van der Waals surface area (Å²) >= 11 is 6.26. The highest BCUT2D eigenvalue weighted by Gasteiger charge is 2.27. The number of aromatic nitrogens is 2. The zero-order valence-corrected chi connectivity index (χ0v) is 20.8. The van der Waals surface area contributed by atoms with Gasteiger partial charge in [0.05, 0.1) is 17.3 Å². The van der Waals surface area contributed by atoms with Crippen LogP contribution in [0.1, 0.15) is 40.5 Å². The third kappa shape index (κ3) is 6.44. The second-order valence-corrected chi connectivity index (χ2v) is 9.41. The summed E-state index contributed by atoms with van der Waals surface area (Å²) in [5, 5.41) is 9.38. The predicted molar refractivity (Wildman–Crippen MR) is 132 cm³/mol. The van der Waals surface area contributed by atoms with Crippen LogP contribution in [0.3, 0.4) is 0 Å². The number of halogens is 1. The van der Waals surface area contributed by atoms with Gasteiger partial charge in [-0.15, -0.1) is 10.2 Å². The van der Waals surface area contributed by atoms with Crippen LogP contribution in [-0.4, -0.2) is 70.6 Å². The van der Waals surface area contributed by atoms with Crippen LogP contribution in [0, 0.1) is 5.92 Å². The number of hydrogen-bond acceptors (Lipinski definition) is 5. The molecule has 33 heavy (non-hydrogen) atoms. The van der Waals surface area contributed by atoms with E-state index in [0.29, 0.717) is 37.6 Å². The number of benzene rings is 1. The predicted octanol–water partition coefficient (Wildman–Crippen LogP) is 4.12. The summed E-state index contributed by atoms with van der Waals surface area (Å²) in [6.07, 6.45) is 1.29. The SMILES string of the molecule is CC[C@H](C)N(CC(=O)N1CCN(c2ccc(-c3ccccc3Cl)nn2)CC1)C(=O)CC(C)C. The lowest BCUT2D eigenvalue weighted by Gasteiger charge is -2.37. The van der Waals surface area contributed by atoms with Gasteiger partial charge < -0.3 is 14.7 Å². The average Bonchev–Trinajstić information content (AvgIpc) is 2.82. The van der Waals surface area contributed by atoms with Crippen LogP contribution in [0.25, 0.3) is 11.3 Å². The molecule has 0 N–H and O–H groups in total. The summed E-state index contributed by atoms with van der Waals surface area (Å²) in [6, 6.07) is 11.5. The normalized spacial score (nSPS) is 15.0. The number of rotatable bonds is 8. The van der Waals surface area contributed by atoms with Gasteiger partial charge in [-0.1, -0.05) is 50.6 Å². The van der Waals surface area contributed by atoms with Gasteiger partial charge >= 0.3 is 0 Å². The molecule has 0 saturated carbocycles. The standard InChI is InChI=1S/C25H34ClN5O2/c1-5-19(4)31(24(32)16-18(2)3)17-25(33)30-14-12-29(13-15-30)23-11-10-22(27-28-23)20-8-6-7-9-21(20)26/h6-11,18-19H,5,12-17H2,1-4H3/t19-/m0/s1. The summed E-state index contributed by atoms with van der Waals surface area (Å²) in [5.74, 6) is 1.12. The lowest BCUT2D eigenvalue weighted by molar-refractivity contribution is -0.143. The van der Waals surface area contributed by atoms with Crippen LogP contribution in [0.4, 0.5) is 5.82 Å². The van der Waals surface area contributed by atoms with E-state index in [2.05, 4.69) is 15.1 Å². The molecule has 1 aromatic heterocycles. The average molecular weight is 472 g/mol. The number of carbonyl (C=O) groups is 2. The Morgan fingerprint density at radius 2 is 1.73 bits per heavy atom. The van der Waals surface area contributed by atoms with Crippen molar-refractivity contribution >= 4 is 29.2 Å². The van der Waals surface area contributed by atoms with E-state index in [1.54, 1.807) is 4.90 Å². The first-order valence-corrected chi connectivity index (χ1v) is 12.1. The summed E-state index contributed by atoms with van der Waals surface area (Å²) in [7, 11) is 0. The molecule has 1 aromatic carbocycles.